The number of halogens is 1. The Morgan fingerprint density at radius 3 is 2.65 bits per heavy atom. The number of nitrogens with one attached hydrogen (secondary N) is 1. The van der Waals surface area contributed by atoms with Crippen molar-refractivity contribution in [3.8, 4) is 11.5 Å². The maximum absolute atomic E-state index is 11.8. The van der Waals surface area contributed by atoms with E-state index in [0.29, 0.717) is 17.2 Å². The van der Waals surface area contributed by atoms with Gasteiger partial charge in [0.15, 0.2) is 11.5 Å². The van der Waals surface area contributed by atoms with Gasteiger partial charge >= 0.3 is 0 Å². The lowest BCUT2D eigenvalue weighted by atomic mass is 10.1. The molecule has 2 N–H and O–H groups in total. The van der Waals surface area contributed by atoms with E-state index in [4.69, 9.17) is 16.3 Å². The van der Waals surface area contributed by atoms with Crippen LogP contribution in [0.1, 0.15) is 24.2 Å². The molecule has 0 radical (unpaired) electrons. The van der Waals surface area contributed by atoms with Crippen molar-refractivity contribution in [1.82, 2.24) is 5.32 Å². The largest absolute Gasteiger partial charge is 0.504 e. The highest BCUT2D eigenvalue weighted by Gasteiger charge is 2.20. The van der Waals surface area contributed by atoms with Crippen molar-refractivity contribution in [2.75, 3.05) is 13.0 Å². The summed E-state index contributed by atoms with van der Waals surface area (Å²) in [6, 6.07) is 4.48. The van der Waals surface area contributed by atoms with Gasteiger partial charge in [-0.05, 0) is 32.0 Å². The number of benzene rings is 1. The van der Waals surface area contributed by atoms with Crippen LogP contribution in [0, 0.1) is 0 Å². The van der Waals surface area contributed by atoms with E-state index in [1.54, 1.807) is 6.07 Å². The van der Waals surface area contributed by atoms with E-state index in [9.17, 15) is 9.90 Å². The smallest absolute Gasteiger partial charge is 0.251 e. The Hall–Kier alpha value is -1.42. The summed E-state index contributed by atoms with van der Waals surface area (Å²) in [4.78, 5) is 11.8. The zero-order chi connectivity index (χ0) is 13.1. The molecule has 0 aliphatic carbocycles. The van der Waals surface area contributed by atoms with E-state index >= 15 is 0 Å². The molecule has 0 saturated carbocycles. The summed E-state index contributed by atoms with van der Waals surface area (Å²) < 4.78 is 4.90. The molecule has 0 fully saturated rings. The van der Waals surface area contributed by atoms with Gasteiger partial charge in [-0.2, -0.15) is 0 Å². The van der Waals surface area contributed by atoms with Crippen molar-refractivity contribution < 1.29 is 14.6 Å². The van der Waals surface area contributed by atoms with Crippen LogP contribution in [0.4, 0.5) is 0 Å². The standard InChI is InChI=1S/C12H16ClNO3/c1-12(2,7-13)14-11(16)8-4-5-10(17-3)9(15)6-8/h4-6,15H,7H2,1-3H3,(H,14,16). The normalized spacial score (nSPS) is 11.1. The third-order valence-corrected chi connectivity index (χ3v) is 2.90. The van der Waals surface area contributed by atoms with E-state index in [1.165, 1.54) is 19.2 Å². The number of methoxy groups -OCH3 is 1. The number of hydrogen-bond acceptors (Lipinski definition) is 3. The van der Waals surface area contributed by atoms with E-state index in [0.717, 1.165) is 0 Å². The first-order chi connectivity index (χ1) is 7.89. The van der Waals surface area contributed by atoms with Crippen LogP contribution in [0.25, 0.3) is 0 Å². The summed E-state index contributed by atoms with van der Waals surface area (Å²) in [6.07, 6.45) is 0. The Morgan fingerprint density at radius 1 is 1.53 bits per heavy atom. The molecule has 0 aromatic heterocycles. The predicted octanol–water partition coefficient (Wildman–Crippen LogP) is 2.15. The molecule has 1 rings (SSSR count). The fourth-order valence-corrected chi connectivity index (χ4v) is 1.31. The van der Waals surface area contributed by atoms with Gasteiger partial charge in [-0.25, -0.2) is 0 Å². The van der Waals surface area contributed by atoms with Crippen LogP contribution >= 0.6 is 11.6 Å². The highest BCUT2D eigenvalue weighted by atomic mass is 35.5. The number of carbonyl (C=O) groups excluding carboxylic acids is 1. The van der Waals surface area contributed by atoms with Crippen LogP contribution in [0.5, 0.6) is 11.5 Å². The summed E-state index contributed by atoms with van der Waals surface area (Å²) >= 11 is 5.72. The molecular formula is C12H16ClNO3. The SMILES string of the molecule is COc1ccc(C(=O)NC(C)(C)CCl)cc1O. The number of phenols is 1. The number of alkyl halides is 1. The minimum absolute atomic E-state index is 0.0659. The second-order valence-corrected chi connectivity index (χ2v) is 4.63. The van der Waals surface area contributed by atoms with Crippen molar-refractivity contribution in [3.63, 3.8) is 0 Å². The fourth-order valence-electron chi connectivity index (χ4n) is 1.24. The number of rotatable bonds is 4. The second kappa shape index (κ2) is 5.27. The van der Waals surface area contributed by atoms with Crippen molar-refractivity contribution in [3.05, 3.63) is 23.8 Å². The van der Waals surface area contributed by atoms with Gasteiger partial charge in [-0.3, -0.25) is 4.79 Å². The Morgan fingerprint density at radius 2 is 2.18 bits per heavy atom. The van der Waals surface area contributed by atoms with Crippen molar-refractivity contribution in [2.24, 2.45) is 0 Å². The fraction of sp³-hybridized carbons (Fsp3) is 0.417. The Balaban J connectivity index is 2.87. The maximum atomic E-state index is 11.8. The minimum atomic E-state index is -0.492. The molecule has 17 heavy (non-hydrogen) atoms. The lowest BCUT2D eigenvalue weighted by Crippen LogP contribution is -2.44. The molecule has 1 aromatic carbocycles. The van der Waals surface area contributed by atoms with E-state index in [-0.39, 0.29) is 11.7 Å². The van der Waals surface area contributed by atoms with Gasteiger partial charge < -0.3 is 15.2 Å². The molecule has 4 nitrogen and oxygen atoms in total. The van der Waals surface area contributed by atoms with Crippen molar-refractivity contribution in [2.45, 2.75) is 19.4 Å². The van der Waals surface area contributed by atoms with Gasteiger partial charge in [0.05, 0.1) is 7.11 Å². The first-order valence-electron chi connectivity index (χ1n) is 5.15. The summed E-state index contributed by atoms with van der Waals surface area (Å²) in [5.74, 6) is 0.288. The number of phenolic OH excluding ortho intramolecular Hbond substituents is 1. The summed E-state index contributed by atoms with van der Waals surface area (Å²) in [5.41, 5.74) is -0.129. The zero-order valence-electron chi connectivity index (χ0n) is 10.1. The lowest BCUT2D eigenvalue weighted by molar-refractivity contribution is 0.0920. The molecule has 0 spiro atoms. The quantitative estimate of drug-likeness (QED) is 0.813. The minimum Gasteiger partial charge on any atom is -0.504 e. The average molecular weight is 258 g/mol. The monoisotopic (exact) mass is 257 g/mol. The summed E-state index contributed by atoms with van der Waals surface area (Å²) in [7, 11) is 1.45. The number of aromatic hydroxyl groups is 1. The van der Waals surface area contributed by atoms with E-state index in [1.807, 2.05) is 13.8 Å². The lowest BCUT2D eigenvalue weighted by Gasteiger charge is -2.23. The molecular weight excluding hydrogens is 242 g/mol. The van der Waals surface area contributed by atoms with Gasteiger partial charge in [0.25, 0.3) is 5.91 Å². The predicted molar refractivity (Wildman–Crippen MR) is 66.9 cm³/mol. The summed E-state index contributed by atoms with van der Waals surface area (Å²) in [6.45, 7) is 3.64. The van der Waals surface area contributed by atoms with Crippen LogP contribution < -0.4 is 10.1 Å². The van der Waals surface area contributed by atoms with Gasteiger partial charge in [-0.15, -0.1) is 11.6 Å². The highest BCUT2D eigenvalue weighted by Crippen LogP contribution is 2.26. The van der Waals surface area contributed by atoms with E-state index < -0.39 is 5.54 Å². The van der Waals surface area contributed by atoms with Crippen LogP contribution in [-0.2, 0) is 0 Å². The molecule has 0 aliphatic rings. The molecule has 1 aromatic rings. The topological polar surface area (TPSA) is 58.6 Å². The third kappa shape index (κ3) is 3.53. The molecule has 1 amide bonds. The molecule has 0 heterocycles. The van der Waals surface area contributed by atoms with Gasteiger partial charge in [0.1, 0.15) is 0 Å². The molecule has 0 bridgehead atoms. The van der Waals surface area contributed by atoms with Crippen LogP contribution in [-0.4, -0.2) is 29.5 Å². The molecule has 0 atom stereocenters. The molecule has 0 aliphatic heterocycles. The van der Waals surface area contributed by atoms with Crippen LogP contribution in [0.3, 0.4) is 0 Å². The zero-order valence-corrected chi connectivity index (χ0v) is 10.8. The number of carbonyl (C=O) groups is 1. The number of ether oxygens (including phenoxy) is 1. The third-order valence-electron chi connectivity index (χ3n) is 2.23. The number of amides is 1. The van der Waals surface area contributed by atoms with Gasteiger partial charge in [0.2, 0.25) is 0 Å². The van der Waals surface area contributed by atoms with Crippen LogP contribution in [0.15, 0.2) is 18.2 Å². The molecule has 5 heteroatoms. The molecule has 94 valence electrons. The first kappa shape index (κ1) is 13.6. The second-order valence-electron chi connectivity index (χ2n) is 4.36. The highest BCUT2D eigenvalue weighted by molar-refractivity contribution is 6.18. The van der Waals surface area contributed by atoms with Crippen LogP contribution in [0.2, 0.25) is 0 Å². The van der Waals surface area contributed by atoms with Crippen molar-refractivity contribution in [1.29, 1.82) is 0 Å². The Bertz CT molecular complexity index is 418. The van der Waals surface area contributed by atoms with Crippen molar-refractivity contribution >= 4 is 17.5 Å². The van der Waals surface area contributed by atoms with Gasteiger partial charge in [0, 0.05) is 17.0 Å². The maximum Gasteiger partial charge on any atom is 0.251 e. The Labute approximate surface area is 106 Å². The Kier molecular flexibility index (Phi) is 4.23. The number of hydrogen-bond donors (Lipinski definition) is 2. The molecule has 0 unspecified atom stereocenters. The molecule has 0 saturated heterocycles. The van der Waals surface area contributed by atoms with Gasteiger partial charge in [-0.1, -0.05) is 0 Å². The summed E-state index contributed by atoms with van der Waals surface area (Å²) in [5, 5.41) is 12.3. The average Bonchev–Trinajstić information content (AvgIpc) is 2.28. The van der Waals surface area contributed by atoms with E-state index in [2.05, 4.69) is 5.32 Å². The first-order valence-corrected chi connectivity index (χ1v) is 5.68.